The molecule has 1 aliphatic rings. The number of thiophene rings is 1. The molecule has 2 N–H and O–H groups in total. The SMILES string of the molecule is COc1cccc(CCC(=O)Nc2sc3c(c2C#N)CCC(OC(=O)NCc2cnn(C)c2)C3)c1. The number of benzene rings is 1. The molecule has 0 fully saturated rings. The van der Waals surface area contributed by atoms with Crippen LogP contribution in [0.4, 0.5) is 9.80 Å². The number of alkyl carbamates (subject to hydrolysis) is 1. The van der Waals surface area contributed by atoms with Crippen molar-refractivity contribution in [2.75, 3.05) is 12.4 Å². The second-order valence-electron chi connectivity index (χ2n) is 8.37. The summed E-state index contributed by atoms with van der Waals surface area (Å²) in [5.41, 5.74) is 3.35. The first-order chi connectivity index (χ1) is 16.9. The number of nitrogens with zero attached hydrogens (tertiary/aromatic N) is 3. The summed E-state index contributed by atoms with van der Waals surface area (Å²) in [6, 6.07) is 9.86. The van der Waals surface area contributed by atoms with Crippen LogP contribution in [0.2, 0.25) is 0 Å². The van der Waals surface area contributed by atoms with Crippen LogP contribution in [0, 0.1) is 11.3 Å². The fourth-order valence-electron chi connectivity index (χ4n) is 4.07. The number of fused-ring (bicyclic) bond motifs is 1. The number of ether oxygens (including phenoxy) is 2. The first-order valence-corrected chi connectivity index (χ1v) is 12.2. The molecule has 182 valence electrons. The van der Waals surface area contributed by atoms with Crippen LogP contribution in [0.1, 0.15) is 40.0 Å². The monoisotopic (exact) mass is 493 g/mol. The van der Waals surface area contributed by atoms with Gasteiger partial charge in [0.25, 0.3) is 0 Å². The van der Waals surface area contributed by atoms with E-state index in [9.17, 15) is 14.9 Å². The van der Waals surface area contributed by atoms with Gasteiger partial charge in [-0.25, -0.2) is 4.79 Å². The van der Waals surface area contributed by atoms with Gasteiger partial charge in [0.2, 0.25) is 5.91 Å². The van der Waals surface area contributed by atoms with Gasteiger partial charge in [0, 0.05) is 43.1 Å². The van der Waals surface area contributed by atoms with Crippen LogP contribution in [0.25, 0.3) is 0 Å². The maximum atomic E-state index is 12.6. The lowest BCUT2D eigenvalue weighted by Crippen LogP contribution is -2.31. The van der Waals surface area contributed by atoms with Crippen LogP contribution in [-0.2, 0) is 42.4 Å². The molecule has 1 aliphatic carbocycles. The number of methoxy groups -OCH3 is 1. The number of anilines is 1. The Labute approximate surface area is 207 Å². The van der Waals surface area contributed by atoms with E-state index >= 15 is 0 Å². The van der Waals surface area contributed by atoms with E-state index in [4.69, 9.17) is 9.47 Å². The molecule has 0 saturated heterocycles. The molecule has 0 saturated carbocycles. The van der Waals surface area contributed by atoms with Crippen molar-refractivity contribution in [3.8, 4) is 11.8 Å². The quantitative estimate of drug-likeness (QED) is 0.494. The minimum Gasteiger partial charge on any atom is -0.497 e. The lowest BCUT2D eigenvalue weighted by molar-refractivity contribution is -0.116. The number of carbonyl (C=O) groups is 2. The minimum atomic E-state index is -0.481. The van der Waals surface area contributed by atoms with Crippen molar-refractivity contribution in [3.63, 3.8) is 0 Å². The number of aromatic nitrogens is 2. The van der Waals surface area contributed by atoms with Crippen LogP contribution in [0.3, 0.4) is 0 Å². The van der Waals surface area contributed by atoms with Gasteiger partial charge in [0.05, 0.1) is 18.9 Å². The van der Waals surface area contributed by atoms with E-state index in [0.29, 0.717) is 49.2 Å². The molecule has 9 nitrogen and oxygen atoms in total. The zero-order valence-electron chi connectivity index (χ0n) is 19.7. The predicted molar refractivity (Wildman–Crippen MR) is 131 cm³/mol. The summed E-state index contributed by atoms with van der Waals surface area (Å²) in [5, 5.41) is 20.0. The number of aryl methyl sites for hydroxylation is 2. The average Bonchev–Trinajstić information content (AvgIpc) is 3.43. The van der Waals surface area contributed by atoms with Gasteiger partial charge in [-0.2, -0.15) is 10.4 Å². The van der Waals surface area contributed by atoms with E-state index in [-0.39, 0.29) is 12.0 Å². The summed E-state index contributed by atoms with van der Waals surface area (Å²) in [7, 11) is 3.42. The normalized spacial score (nSPS) is 14.5. The van der Waals surface area contributed by atoms with Crippen LogP contribution in [0.15, 0.2) is 36.7 Å². The predicted octanol–water partition coefficient (Wildman–Crippen LogP) is 3.72. The number of nitriles is 1. The number of hydrogen-bond donors (Lipinski definition) is 2. The van der Waals surface area contributed by atoms with E-state index < -0.39 is 6.09 Å². The Bertz CT molecular complexity index is 1260. The zero-order valence-corrected chi connectivity index (χ0v) is 20.5. The summed E-state index contributed by atoms with van der Waals surface area (Å²) >= 11 is 1.39. The van der Waals surface area contributed by atoms with Crippen molar-refractivity contribution in [2.45, 2.75) is 44.8 Å². The van der Waals surface area contributed by atoms with E-state index in [1.165, 1.54) is 11.3 Å². The molecule has 4 rings (SSSR count). The van der Waals surface area contributed by atoms with Gasteiger partial charge in [-0.3, -0.25) is 9.48 Å². The number of hydrogen-bond acceptors (Lipinski definition) is 7. The second kappa shape index (κ2) is 11.1. The van der Waals surface area contributed by atoms with E-state index in [2.05, 4.69) is 21.8 Å². The smallest absolute Gasteiger partial charge is 0.407 e. The van der Waals surface area contributed by atoms with Crippen molar-refractivity contribution >= 4 is 28.3 Å². The van der Waals surface area contributed by atoms with Crippen LogP contribution >= 0.6 is 11.3 Å². The molecule has 2 heterocycles. The molecule has 2 amide bonds. The number of amides is 2. The Kier molecular flexibility index (Phi) is 7.67. The lowest BCUT2D eigenvalue weighted by atomic mass is 9.94. The molecule has 2 aromatic heterocycles. The molecule has 1 unspecified atom stereocenters. The molecule has 35 heavy (non-hydrogen) atoms. The number of rotatable bonds is 8. The summed E-state index contributed by atoms with van der Waals surface area (Å²) < 4.78 is 12.5. The van der Waals surface area contributed by atoms with E-state index in [1.807, 2.05) is 37.5 Å². The summed E-state index contributed by atoms with van der Waals surface area (Å²) in [6.45, 7) is 0.341. The van der Waals surface area contributed by atoms with Crippen molar-refractivity contribution in [1.82, 2.24) is 15.1 Å². The largest absolute Gasteiger partial charge is 0.497 e. The van der Waals surface area contributed by atoms with Crippen LogP contribution in [0.5, 0.6) is 5.75 Å². The second-order valence-corrected chi connectivity index (χ2v) is 9.47. The zero-order chi connectivity index (χ0) is 24.8. The Morgan fingerprint density at radius 2 is 2.20 bits per heavy atom. The first-order valence-electron chi connectivity index (χ1n) is 11.3. The minimum absolute atomic E-state index is 0.148. The number of nitrogens with one attached hydrogen (secondary N) is 2. The highest BCUT2D eigenvalue weighted by Crippen LogP contribution is 2.38. The van der Waals surface area contributed by atoms with Gasteiger partial charge < -0.3 is 20.1 Å². The molecular formula is C25H27N5O4S. The molecule has 10 heteroatoms. The molecule has 0 radical (unpaired) electrons. The Hall–Kier alpha value is -3.84. The van der Waals surface area contributed by atoms with Gasteiger partial charge in [0.15, 0.2) is 0 Å². The molecule has 0 bridgehead atoms. The summed E-state index contributed by atoms with van der Waals surface area (Å²) in [6.07, 6.45) is 5.39. The molecule has 3 aromatic rings. The highest BCUT2D eigenvalue weighted by Gasteiger charge is 2.28. The average molecular weight is 494 g/mol. The van der Waals surface area contributed by atoms with Gasteiger partial charge in [-0.15, -0.1) is 11.3 Å². The van der Waals surface area contributed by atoms with Crippen molar-refractivity contribution in [1.29, 1.82) is 5.26 Å². The molecule has 0 aliphatic heterocycles. The first kappa shape index (κ1) is 24.3. The third-order valence-corrected chi connectivity index (χ3v) is 7.00. The van der Waals surface area contributed by atoms with Crippen LogP contribution < -0.4 is 15.4 Å². The highest BCUT2D eigenvalue weighted by atomic mass is 32.1. The van der Waals surface area contributed by atoms with E-state index in [1.54, 1.807) is 18.0 Å². The molecular weight excluding hydrogens is 466 g/mol. The standard InChI is InChI=1S/C25H27N5O4S/c1-30-15-17(14-28-30)13-27-25(32)34-19-7-8-20-21(12-26)24(35-22(20)11-19)29-23(31)9-6-16-4-3-5-18(10-16)33-2/h3-5,10,14-15,19H,6-9,11,13H2,1-2H3,(H,27,32)(H,29,31). The Morgan fingerprint density at radius 1 is 1.34 bits per heavy atom. The van der Waals surface area contributed by atoms with Crippen molar-refractivity contribution in [2.24, 2.45) is 7.05 Å². The Balaban J connectivity index is 1.32. The Morgan fingerprint density at radius 3 is 2.94 bits per heavy atom. The van der Waals surface area contributed by atoms with Crippen molar-refractivity contribution in [3.05, 3.63) is 63.8 Å². The fourth-order valence-corrected chi connectivity index (χ4v) is 5.35. The molecule has 1 atom stereocenters. The molecule has 1 aromatic carbocycles. The van der Waals surface area contributed by atoms with Gasteiger partial charge in [-0.05, 0) is 42.5 Å². The van der Waals surface area contributed by atoms with Gasteiger partial charge in [-0.1, -0.05) is 12.1 Å². The topological polar surface area (TPSA) is 118 Å². The van der Waals surface area contributed by atoms with Gasteiger partial charge in [0.1, 0.15) is 22.9 Å². The van der Waals surface area contributed by atoms with Crippen LogP contribution in [-0.4, -0.2) is 35.0 Å². The van der Waals surface area contributed by atoms with Crippen molar-refractivity contribution < 1.29 is 19.1 Å². The lowest BCUT2D eigenvalue weighted by Gasteiger charge is -2.22. The van der Waals surface area contributed by atoms with Gasteiger partial charge >= 0.3 is 6.09 Å². The third-order valence-electron chi connectivity index (χ3n) is 5.83. The summed E-state index contributed by atoms with van der Waals surface area (Å²) in [5.74, 6) is 0.605. The summed E-state index contributed by atoms with van der Waals surface area (Å²) in [4.78, 5) is 25.8. The maximum absolute atomic E-state index is 12.6. The fraction of sp³-hybridized carbons (Fsp3) is 0.360. The maximum Gasteiger partial charge on any atom is 0.407 e. The highest BCUT2D eigenvalue weighted by molar-refractivity contribution is 7.16. The molecule has 0 spiro atoms. The number of carbonyl (C=O) groups excluding carboxylic acids is 2. The third kappa shape index (κ3) is 6.19. The van der Waals surface area contributed by atoms with E-state index in [0.717, 1.165) is 27.3 Å².